The molecule has 4 nitrogen and oxygen atoms in total. The van der Waals surface area contributed by atoms with Gasteiger partial charge in [0.2, 0.25) is 0 Å². The van der Waals surface area contributed by atoms with Crippen molar-refractivity contribution in [2.24, 2.45) is 0 Å². The largest absolute Gasteiger partial charge is 0.494 e. The Hall–Kier alpha value is -1.72. The van der Waals surface area contributed by atoms with Crippen molar-refractivity contribution in [2.75, 3.05) is 14.2 Å². The first-order valence-electron chi connectivity index (χ1n) is 4.43. The number of carbonyl (C=O) groups excluding carboxylic acids is 1. The highest BCUT2D eigenvalue weighted by Crippen LogP contribution is 2.32. The summed E-state index contributed by atoms with van der Waals surface area (Å²) in [6.07, 6.45) is -2.74. The van der Waals surface area contributed by atoms with Crippen LogP contribution in [0.1, 0.15) is 28.2 Å². The second-order valence-corrected chi connectivity index (χ2v) is 3.03. The average molecular weight is 231 g/mol. The van der Waals surface area contributed by atoms with Gasteiger partial charge in [0.15, 0.2) is 11.4 Å². The molecule has 0 spiro atoms. The van der Waals surface area contributed by atoms with Crippen LogP contribution in [0.2, 0.25) is 0 Å². The molecule has 0 amide bonds. The number of aryl methyl sites for hydroxylation is 1. The molecular formula is C10H11F2NO3. The molecule has 0 radical (unpaired) electrons. The second kappa shape index (κ2) is 4.87. The lowest BCUT2D eigenvalue weighted by atomic mass is 10.1. The van der Waals surface area contributed by atoms with Crippen LogP contribution in [0.3, 0.4) is 0 Å². The van der Waals surface area contributed by atoms with Gasteiger partial charge in [-0.2, -0.15) is 0 Å². The normalized spacial score (nSPS) is 10.4. The maximum absolute atomic E-state index is 12.7. The summed E-state index contributed by atoms with van der Waals surface area (Å²) in [6, 6.07) is 1.18. The summed E-state index contributed by atoms with van der Waals surface area (Å²) in [5.41, 5.74) is -0.299. The Balaban J connectivity index is 3.41. The molecule has 6 heteroatoms. The SMILES string of the molecule is COC(=O)c1nc(C)cc(C(F)F)c1OC. The minimum Gasteiger partial charge on any atom is -0.494 e. The third kappa shape index (κ3) is 2.26. The lowest BCUT2D eigenvalue weighted by Crippen LogP contribution is -2.10. The molecule has 1 aromatic rings. The van der Waals surface area contributed by atoms with Crippen LogP contribution in [0.4, 0.5) is 8.78 Å². The minimum atomic E-state index is -2.74. The fourth-order valence-corrected chi connectivity index (χ4v) is 1.30. The summed E-state index contributed by atoms with van der Waals surface area (Å²) in [5.74, 6) is -1.05. The zero-order valence-electron chi connectivity index (χ0n) is 9.08. The molecule has 0 atom stereocenters. The van der Waals surface area contributed by atoms with Crippen molar-refractivity contribution < 1.29 is 23.0 Å². The monoisotopic (exact) mass is 231 g/mol. The highest BCUT2D eigenvalue weighted by molar-refractivity contribution is 5.90. The predicted molar refractivity (Wildman–Crippen MR) is 51.8 cm³/mol. The van der Waals surface area contributed by atoms with Gasteiger partial charge in [-0.15, -0.1) is 0 Å². The number of rotatable bonds is 3. The summed E-state index contributed by atoms with van der Waals surface area (Å²) in [4.78, 5) is 15.1. The lowest BCUT2D eigenvalue weighted by Gasteiger charge is -2.11. The lowest BCUT2D eigenvalue weighted by molar-refractivity contribution is 0.0588. The van der Waals surface area contributed by atoms with E-state index in [9.17, 15) is 13.6 Å². The van der Waals surface area contributed by atoms with Gasteiger partial charge in [-0.25, -0.2) is 18.6 Å². The van der Waals surface area contributed by atoms with Crippen molar-refractivity contribution in [3.8, 4) is 5.75 Å². The van der Waals surface area contributed by atoms with Gasteiger partial charge in [0, 0.05) is 5.69 Å². The fourth-order valence-electron chi connectivity index (χ4n) is 1.30. The molecule has 1 rings (SSSR count). The fraction of sp³-hybridized carbons (Fsp3) is 0.400. The van der Waals surface area contributed by atoms with Crippen LogP contribution < -0.4 is 4.74 Å². The molecule has 0 saturated heterocycles. The molecular weight excluding hydrogens is 220 g/mol. The molecule has 1 heterocycles. The van der Waals surface area contributed by atoms with Crippen LogP contribution >= 0.6 is 0 Å². The van der Waals surface area contributed by atoms with Crippen molar-refractivity contribution in [1.82, 2.24) is 4.98 Å². The number of pyridine rings is 1. The van der Waals surface area contributed by atoms with E-state index in [1.807, 2.05) is 0 Å². The van der Waals surface area contributed by atoms with E-state index in [0.717, 1.165) is 7.11 Å². The number of esters is 1. The molecule has 16 heavy (non-hydrogen) atoms. The molecule has 0 aliphatic carbocycles. The Labute approximate surface area is 91.2 Å². The molecule has 1 aromatic heterocycles. The quantitative estimate of drug-likeness (QED) is 0.747. The van der Waals surface area contributed by atoms with Gasteiger partial charge in [0.25, 0.3) is 6.43 Å². The molecule has 0 N–H and O–H groups in total. The zero-order chi connectivity index (χ0) is 12.3. The summed E-state index contributed by atoms with van der Waals surface area (Å²) >= 11 is 0. The van der Waals surface area contributed by atoms with Crippen LogP contribution in [-0.2, 0) is 4.74 Å². The average Bonchev–Trinajstić information content (AvgIpc) is 2.26. The van der Waals surface area contributed by atoms with Crippen molar-refractivity contribution in [2.45, 2.75) is 13.3 Å². The van der Waals surface area contributed by atoms with E-state index in [0.29, 0.717) is 5.69 Å². The zero-order valence-corrected chi connectivity index (χ0v) is 9.08. The van der Waals surface area contributed by atoms with Crippen molar-refractivity contribution >= 4 is 5.97 Å². The smallest absolute Gasteiger partial charge is 0.360 e. The summed E-state index contributed by atoms with van der Waals surface area (Å²) < 4.78 is 34.6. The highest BCUT2D eigenvalue weighted by atomic mass is 19.3. The summed E-state index contributed by atoms with van der Waals surface area (Å²) in [6.45, 7) is 1.51. The summed E-state index contributed by atoms with van der Waals surface area (Å²) in [7, 11) is 2.35. The first-order chi connectivity index (χ1) is 7.51. The Kier molecular flexibility index (Phi) is 3.76. The number of hydrogen-bond donors (Lipinski definition) is 0. The van der Waals surface area contributed by atoms with Crippen molar-refractivity contribution in [3.63, 3.8) is 0 Å². The molecule has 0 unspecified atom stereocenters. The Morgan fingerprint density at radius 3 is 2.50 bits per heavy atom. The van der Waals surface area contributed by atoms with E-state index < -0.39 is 12.4 Å². The number of nitrogens with zero attached hydrogens (tertiary/aromatic N) is 1. The Morgan fingerprint density at radius 1 is 1.44 bits per heavy atom. The van der Waals surface area contributed by atoms with E-state index >= 15 is 0 Å². The van der Waals surface area contributed by atoms with Gasteiger partial charge in [-0.1, -0.05) is 0 Å². The van der Waals surface area contributed by atoms with Crippen LogP contribution in [0.5, 0.6) is 5.75 Å². The van der Waals surface area contributed by atoms with Crippen LogP contribution in [-0.4, -0.2) is 25.2 Å². The third-order valence-electron chi connectivity index (χ3n) is 1.95. The van der Waals surface area contributed by atoms with E-state index in [4.69, 9.17) is 4.74 Å². The molecule has 88 valence electrons. The number of halogens is 2. The standard InChI is InChI=1S/C10H11F2NO3/c1-5-4-6(9(11)12)8(15-2)7(13-5)10(14)16-3/h4,9H,1-3H3. The number of carbonyl (C=O) groups is 1. The first kappa shape index (κ1) is 12.4. The van der Waals surface area contributed by atoms with Crippen molar-refractivity contribution in [1.29, 1.82) is 0 Å². The van der Waals surface area contributed by atoms with E-state index in [2.05, 4.69) is 9.72 Å². The Bertz CT molecular complexity index is 407. The van der Waals surface area contributed by atoms with Crippen LogP contribution in [0.25, 0.3) is 0 Å². The van der Waals surface area contributed by atoms with Gasteiger partial charge < -0.3 is 9.47 Å². The number of aromatic nitrogens is 1. The molecule has 0 aliphatic rings. The predicted octanol–water partition coefficient (Wildman–Crippen LogP) is 2.12. The Morgan fingerprint density at radius 2 is 2.06 bits per heavy atom. The van der Waals surface area contributed by atoms with Gasteiger partial charge in [0.05, 0.1) is 19.8 Å². The molecule has 0 bridgehead atoms. The van der Waals surface area contributed by atoms with Crippen LogP contribution in [0, 0.1) is 6.92 Å². The number of ether oxygens (including phenoxy) is 2. The van der Waals surface area contributed by atoms with Gasteiger partial charge in [-0.3, -0.25) is 0 Å². The van der Waals surface area contributed by atoms with Gasteiger partial charge in [-0.05, 0) is 13.0 Å². The molecule has 0 saturated carbocycles. The first-order valence-corrected chi connectivity index (χ1v) is 4.43. The molecule has 0 aromatic carbocycles. The van der Waals surface area contributed by atoms with E-state index in [1.165, 1.54) is 20.1 Å². The highest BCUT2D eigenvalue weighted by Gasteiger charge is 2.23. The summed E-state index contributed by atoms with van der Waals surface area (Å²) in [5, 5.41) is 0. The molecule has 0 fully saturated rings. The van der Waals surface area contributed by atoms with E-state index in [-0.39, 0.29) is 17.0 Å². The minimum absolute atomic E-state index is 0.236. The topological polar surface area (TPSA) is 48.4 Å². The number of hydrogen-bond acceptors (Lipinski definition) is 4. The second-order valence-electron chi connectivity index (χ2n) is 3.03. The maximum atomic E-state index is 12.7. The maximum Gasteiger partial charge on any atom is 0.360 e. The van der Waals surface area contributed by atoms with E-state index in [1.54, 1.807) is 0 Å². The molecule has 0 aliphatic heterocycles. The van der Waals surface area contributed by atoms with Crippen LogP contribution in [0.15, 0.2) is 6.07 Å². The van der Waals surface area contributed by atoms with Crippen molar-refractivity contribution in [3.05, 3.63) is 23.0 Å². The van der Waals surface area contributed by atoms with Gasteiger partial charge >= 0.3 is 5.97 Å². The number of alkyl halides is 2. The third-order valence-corrected chi connectivity index (χ3v) is 1.95. The van der Waals surface area contributed by atoms with Gasteiger partial charge in [0.1, 0.15) is 0 Å². The number of methoxy groups -OCH3 is 2.